The molecular weight excluding hydrogens is 166 g/mol. The predicted molar refractivity (Wildman–Crippen MR) is 48.5 cm³/mol. The van der Waals surface area contributed by atoms with Gasteiger partial charge in [-0.2, -0.15) is 0 Å². The Morgan fingerprint density at radius 3 is 3.08 bits per heavy atom. The molecule has 0 fully saturated rings. The summed E-state index contributed by atoms with van der Waals surface area (Å²) in [6, 6.07) is 5.10. The molecule has 1 heterocycles. The molecule has 0 aliphatic heterocycles. The van der Waals surface area contributed by atoms with Gasteiger partial charge in [0.05, 0.1) is 6.54 Å². The molecule has 0 unspecified atom stereocenters. The number of carbonyl (C=O) groups is 1. The summed E-state index contributed by atoms with van der Waals surface area (Å²) >= 11 is 0. The van der Waals surface area contributed by atoms with Crippen molar-refractivity contribution in [2.24, 2.45) is 0 Å². The van der Waals surface area contributed by atoms with Crippen molar-refractivity contribution in [3.05, 3.63) is 30.1 Å². The van der Waals surface area contributed by atoms with E-state index >= 15 is 0 Å². The van der Waals surface area contributed by atoms with Crippen molar-refractivity contribution in [2.75, 3.05) is 6.54 Å². The maximum Gasteiger partial charge on any atom is 0.283 e. The first-order valence-corrected chi connectivity index (χ1v) is 3.72. The molecule has 1 rings (SSSR count). The highest BCUT2D eigenvalue weighted by atomic mass is 16.2. The fourth-order valence-electron chi connectivity index (χ4n) is 0.737. The molecule has 1 amide bonds. The second-order valence-electron chi connectivity index (χ2n) is 2.23. The lowest BCUT2D eigenvalue weighted by atomic mass is 10.3. The first kappa shape index (κ1) is 9.23. The van der Waals surface area contributed by atoms with Gasteiger partial charge in [0, 0.05) is 6.20 Å². The molecule has 66 valence electrons. The van der Waals surface area contributed by atoms with Crippen molar-refractivity contribution in [2.45, 2.75) is 0 Å². The van der Waals surface area contributed by atoms with Gasteiger partial charge < -0.3 is 0 Å². The Labute approximate surface area is 76.3 Å². The normalized spacial score (nSPS) is 8.85. The zero-order valence-corrected chi connectivity index (χ0v) is 6.95. The summed E-state index contributed by atoms with van der Waals surface area (Å²) in [5.74, 6) is 2.03. The monoisotopic (exact) mass is 175 g/mol. The predicted octanol–water partition coefficient (Wildman–Crippen LogP) is -0.0508. The third kappa shape index (κ3) is 2.93. The van der Waals surface area contributed by atoms with E-state index in [0.29, 0.717) is 12.2 Å². The average Bonchev–Trinajstić information content (AvgIpc) is 2.19. The van der Waals surface area contributed by atoms with Crippen molar-refractivity contribution < 1.29 is 4.79 Å². The van der Waals surface area contributed by atoms with Gasteiger partial charge in [0.25, 0.3) is 5.91 Å². The van der Waals surface area contributed by atoms with Crippen molar-refractivity contribution in [1.82, 2.24) is 15.8 Å². The van der Waals surface area contributed by atoms with Crippen LogP contribution in [0.4, 0.5) is 0 Å². The van der Waals surface area contributed by atoms with E-state index in [0.717, 1.165) is 0 Å². The molecule has 0 spiro atoms. The van der Waals surface area contributed by atoms with Crippen LogP contribution >= 0.6 is 0 Å². The van der Waals surface area contributed by atoms with Gasteiger partial charge in [-0.05, 0) is 12.1 Å². The Bertz CT molecular complexity index is 315. The fraction of sp³-hybridized carbons (Fsp3) is 0.111. The van der Waals surface area contributed by atoms with E-state index in [4.69, 9.17) is 6.42 Å². The van der Waals surface area contributed by atoms with Crippen LogP contribution in [0, 0.1) is 12.3 Å². The lowest BCUT2D eigenvalue weighted by molar-refractivity contribution is 0.0931. The van der Waals surface area contributed by atoms with Crippen molar-refractivity contribution in [3.8, 4) is 12.3 Å². The molecule has 4 heteroatoms. The highest BCUT2D eigenvalue weighted by molar-refractivity contribution is 5.91. The van der Waals surface area contributed by atoms with Gasteiger partial charge in [-0.1, -0.05) is 12.0 Å². The molecule has 0 aromatic carbocycles. The Morgan fingerprint density at radius 1 is 1.62 bits per heavy atom. The molecule has 0 atom stereocenters. The van der Waals surface area contributed by atoms with Crippen LogP contribution in [-0.2, 0) is 0 Å². The molecule has 4 nitrogen and oxygen atoms in total. The van der Waals surface area contributed by atoms with Gasteiger partial charge in [0.15, 0.2) is 0 Å². The van der Waals surface area contributed by atoms with Crippen LogP contribution in [0.2, 0.25) is 0 Å². The third-order valence-corrected chi connectivity index (χ3v) is 1.29. The molecule has 0 aliphatic carbocycles. The second kappa shape index (κ2) is 4.91. The molecule has 0 aliphatic rings. The summed E-state index contributed by atoms with van der Waals surface area (Å²) in [7, 11) is 0. The van der Waals surface area contributed by atoms with Crippen LogP contribution in [0.1, 0.15) is 10.5 Å². The minimum absolute atomic E-state index is 0.290. The van der Waals surface area contributed by atoms with Crippen LogP contribution in [0.15, 0.2) is 24.4 Å². The zero-order chi connectivity index (χ0) is 9.52. The van der Waals surface area contributed by atoms with Gasteiger partial charge in [0.2, 0.25) is 0 Å². The van der Waals surface area contributed by atoms with Crippen molar-refractivity contribution in [3.63, 3.8) is 0 Å². The summed E-state index contributed by atoms with van der Waals surface area (Å²) < 4.78 is 0. The highest BCUT2D eigenvalue weighted by Gasteiger charge is 2.03. The summed E-state index contributed by atoms with van der Waals surface area (Å²) in [5, 5.41) is 0. The Hall–Kier alpha value is -1.86. The number of hydrogen-bond acceptors (Lipinski definition) is 3. The molecule has 0 bridgehead atoms. The quantitative estimate of drug-likeness (QED) is 0.384. The minimum atomic E-state index is -0.296. The maximum atomic E-state index is 11.2. The van der Waals surface area contributed by atoms with Crippen molar-refractivity contribution in [1.29, 1.82) is 0 Å². The number of aromatic nitrogens is 1. The lowest BCUT2D eigenvalue weighted by Gasteiger charge is -2.02. The highest BCUT2D eigenvalue weighted by Crippen LogP contribution is 1.90. The maximum absolute atomic E-state index is 11.2. The number of pyridine rings is 1. The largest absolute Gasteiger partial charge is 0.285 e. The number of terminal acetylenes is 1. The topological polar surface area (TPSA) is 54.0 Å². The fourth-order valence-corrected chi connectivity index (χ4v) is 0.737. The van der Waals surface area contributed by atoms with Crippen LogP contribution in [-0.4, -0.2) is 17.4 Å². The van der Waals surface area contributed by atoms with Crippen molar-refractivity contribution >= 4 is 5.91 Å². The number of rotatable bonds is 3. The van der Waals surface area contributed by atoms with Crippen LogP contribution < -0.4 is 10.9 Å². The van der Waals surface area contributed by atoms with E-state index in [2.05, 4.69) is 21.8 Å². The first-order chi connectivity index (χ1) is 6.34. The standard InChI is InChI=1S/C9H9N3O/c1-2-6-11-12-9(13)8-5-3-4-7-10-8/h1,3-5,7,11H,6H2,(H,12,13). The molecule has 0 radical (unpaired) electrons. The SMILES string of the molecule is C#CCNNC(=O)c1ccccn1. The summed E-state index contributed by atoms with van der Waals surface area (Å²) in [5.41, 5.74) is 5.32. The second-order valence-corrected chi connectivity index (χ2v) is 2.23. The van der Waals surface area contributed by atoms with E-state index < -0.39 is 0 Å². The lowest BCUT2D eigenvalue weighted by Crippen LogP contribution is -2.37. The molecule has 13 heavy (non-hydrogen) atoms. The number of nitrogens with zero attached hydrogens (tertiary/aromatic N) is 1. The Kier molecular flexibility index (Phi) is 3.48. The first-order valence-electron chi connectivity index (χ1n) is 3.72. The van der Waals surface area contributed by atoms with Gasteiger partial charge in [-0.25, -0.2) is 5.43 Å². The third-order valence-electron chi connectivity index (χ3n) is 1.29. The van der Waals surface area contributed by atoms with Crippen LogP contribution in [0.3, 0.4) is 0 Å². The number of carbonyl (C=O) groups excluding carboxylic acids is 1. The smallest absolute Gasteiger partial charge is 0.283 e. The van der Waals surface area contributed by atoms with E-state index in [1.165, 1.54) is 0 Å². The van der Waals surface area contributed by atoms with Crippen LogP contribution in [0.25, 0.3) is 0 Å². The molecule has 0 saturated carbocycles. The van der Waals surface area contributed by atoms with Crippen LogP contribution in [0.5, 0.6) is 0 Å². The van der Waals surface area contributed by atoms with Gasteiger partial charge in [-0.15, -0.1) is 6.42 Å². The molecule has 0 saturated heterocycles. The molecule has 2 N–H and O–H groups in total. The van der Waals surface area contributed by atoms with Gasteiger partial charge >= 0.3 is 0 Å². The molecule has 1 aromatic heterocycles. The number of amides is 1. The zero-order valence-electron chi connectivity index (χ0n) is 6.95. The van der Waals surface area contributed by atoms with E-state index in [1.54, 1.807) is 24.4 Å². The summed E-state index contributed by atoms with van der Waals surface area (Å²) in [6.07, 6.45) is 6.53. The Balaban J connectivity index is 2.46. The summed E-state index contributed by atoms with van der Waals surface area (Å²) in [4.78, 5) is 15.1. The van der Waals surface area contributed by atoms with E-state index in [1.807, 2.05) is 0 Å². The molecular formula is C9H9N3O. The van der Waals surface area contributed by atoms with E-state index in [9.17, 15) is 4.79 Å². The number of hydrazine groups is 1. The van der Waals surface area contributed by atoms with Gasteiger partial charge in [-0.3, -0.25) is 15.2 Å². The number of hydrogen-bond donors (Lipinski definition) is 2. The summed E-state index contributed by atoms with van der Waals surface area (Å²) in [6.45, 7) is 0.290. The number of nitrogens with one attached hydrogen (secondary N) is 2. The van der Waals surface area contributed by atoms with Gasteiger partial charge in [0.1, 0.15) is 5.69 Å². The average molecular weight is 175 g/mol. The molecule has 1 aromatic rings. The Morgan fingerprint density at radius 2 is 2.46 bits per heavy atom. The van der Waals surface area contributed by atoms with E-state index in [-0.39, 0.29) is 5.91 Å². The minimum Gasteiger partial charge on any atom is -0.285 e.